The van der Waals surface area contributed by atoms with E-state index < -0.39 is 0 Å². The van der Waals surface area contributed by atoms with Crippen molar-refractivity contribution in [2.24, 2.45) is 11.8 Å². The lowest BCUT2D eigenvalue weighted by Crippen LogP contribution is -2.52. The van der Waals surface area contributed by atoms with Crippen LogP contribution in [0.5, 0.6) is 0 Å². The van der Waals surface area contributed by atoms with Crippen LogP contribution in [-0.2, 0) is 4.79 Å². The van der Waals surface area contributed by atoms with E-state index in [0.717, 1.165) is 19.5 Å². The molecule has 3 unspecified atom stereocenters. The second-order valence-electron chi connectivity index (χ2n) is 5.19. The predicted octanol–water partition coefficient (Wildman–Crippen LogP) is 2.86. The summed E-state index contributed by atoms with van der Waals surface area (Å²) in [6.45, 7) is 12.4. The standard InChI is InChI=1S/C13H26N2O.C2H6/c1-6-11-8-12(13(16)14(4)7-2)15(5)9-10(11)3;1-2/h10-12H,6-9H2,1-5H3;1-2H3. The molecule has 18 heavy (non-hydrogen) atoms. The van der Waals surface area contributed by atoms with Gasteiger partial charge in [0.2, 0.25) is 5.91 Å². The zero-order chi connectivity index (χ0) is 14.3. The zero-order valence-electron chi connectivity index (χ0n) is 13.4. The van der Waals surface area contributed by atoms with Crippen LogP contribution >= 0.6 is 0 Å². The second kappa shape index (κ2) is 8.52. The van der Waals surface area contributed by atoms with Crippen molar-refractivity contribution in [3.05, 3.63) is 0 Å². The van der Waals surface area contributed by atoms with Crippen molar-refractivity contribution in [1.82, 2.24) is 9.80 Å². The van der Waals surface area contributed by atoms with Gasteiger partial charge in [0.05, 0.1) is 6.04 Å². The maximum Gasteiger partial charge on any atom is 0.239 e. The van der Waals surface area contributed by atoms with Gasteiger partial charge in [-0.3, -0.25) is 9.69 Å². The van der Waals surface area contributed by atoms with Crippen molar-refractivity contribution in [2.75, 3.05) is 27.2 Å². The van der Waals surface area contributed by atoms with E-state index in [2.05, 4.69) is 25.8 Å². The maximum absolute atomic E-state index is 12.2. The summed E-state index contributed by atoms with van der Waals surface area (Å²) in [5.41, 5.74) is 0. The molecule has 1 amide bonds. The van der Waals surface area contributed by atoms with E-state index >= 15 is 0 Å². The number of hydrogen-bond acceptors (Lipinski definition) is 2. The lowest BCUT2D eigenvalue weighted by atomic mass is 9.81. The summed E-state index contributed by atoms with van der Waals surface area (Å²) < 4.78 is 0. The van der Waals surface area contributed by atoms with Crippen LogP contribution < -0.4 is 0 Å². The first kappa shape index (κ1) is 17.4. The normalized spacial score (nSPS) is 28.3. The number of carbonyl (C=O) groups excluding carboxylic acids is 1. The van der Waals surface area contributed by atoms with E-state index in [1.165, 1.54) is 6.42 Å². The number of nitrogens with zero attached hydrogens (tertiary/aromatic N) is 2. The molecule has 3 atom stereocenters. The number of rotatable bonds is 3. The number of likely N-dealkylation sites (tertiary alicyclic amines) is 1. The molecule has 0 N–H and O–H groups in total. The first-order chi connectivity index (χ1) is 8.51. The molecule has 0 saturated carbocycles. The summed E-state index contributed by atoms with van der Waals surface area (Å²) >= 11 is 0. The van der Waals surface area contributed by atoms with Gasteiger partial charge in [0.25, 0.3) is 0 Å². The molecule has 0 bridgehead atoms. The Balaban J connectivity index is 0.00000137. The topological polar surface area (TPSA) is 23.6 Å². The van der Waals surface area contributed by atoms with E-state index in [1.54, 1.807) is 0 Å². The van der Waals surface area contributed by atoms with Crippen LogP contribution in [0.3, 0.4) is 0 Å². The van der Waals surface area contributed by atoms with Gasteiger partial charge in [0, 0.05) is 20.1 Å². The fourth-order valence-electron chi connectivity index (χ4n) is 2.70. The summed E-state index contributed by atoms with van der Waals surface area (Å²) in [6.07, 6.45) is 2.21. The van der Waals surface area contributed by atoms with Crippen LogP contribution in [0.2, 0.25) is 0 Å². The average Bonchev–Trinajstić information content (AvgIpc) is 2.39. The molecule has 1 heterocycles. The second-order valence-corrected chi connectivity index (χ2v) is 5.19. The van der Waals surface area contributed by atoms with Crippen molar-refractivity contribution in [2.45, 2.75) is 53.5 Å². The van der Waals surface area contributed by atoms with Crippen LogP contribution in [0.4, 0.5) is 0 Å². The first-order valence-corrected chi connectivity index (χ1v) is 7.46. The largest absolute Gasteiger partial charge is 0.345 e. The zero-order valence-corrected chi connectivity index (χ0v) is 13.4. The van der Waals surface area contributed by atoms with Gasteiger partial charge in [-0.2, -0.15) is 0 Å². The molecule has 3 nitrogen and oxygen atoms in total. The molecule has 0 aromatic heterocycles. The monoisotopic (exact) mass is 256 g/mol. The molecule has 1 fully saturated rings. The highest BCUT2D eigenvalue weighted by Gasteiger charge is 2.35. The molecule has 1 rings (SSSR count). The van der Waals surface area contributed by atoms with Crippen LogP contribution in [0, 0.1) is 11.8 Å². The molecular formula is C15H32N2O. The highest BCUT2D eigenvalue weighted by Crippen LogP contribution is 2.29. The molecule has 0 aromatic rings. The number of carbonyl (C=O) groups is 1. The third-order valence-corrected chi connectivity index (χ3v) is 4.10. The van der Waals surface area contributed by atoms with Gasteiger partial charge in [0.1, 0.15) is 0 Å². The minimum Gasteiger partial charge on any atom is -0.345 e. The van der Waals surface area contributed by atoms with Crippen molar-refractivity contribution in [3.8, 4) is 0 Å². The summed E-state index contributed by atoms with van der Waals surface area (Å²) in [6, 6.07) is 0.103. The highest BCUT2D eigenvalue weighted by molar-refractivity contribution is 5.81. The molecule has 0 spiro atoms. The van der Waals surface area contributed by atoms with Crippen LogP contribution in [-0.4, -0.2) is 48.9 Å². The van der Waals surface area contributed by atoms with Crippen molar-refractivity contribution in [1.29, 1.82) is 0 Å². The fraction of sp³-hybridized carbons (Fsp3) is 0.933. The maximum atomic E-state index is 12.2. The first-order valence-electron chi connectivity index (χ1n) is 7.46. The number of piperidine rings is 1. The van der Waals surface area contributed by atoms with Crippen molar-refractivity contribution >= 4 is 5.91 Å². The smallest absolute Gasteiger partial charge is 0.239 e. The minimum absolute atomic E-state index is 0.103. The quantitative estimate of drug-likeness (QED) is 0.775. The van der Waals surface area contributed by atoms with Crippen LogP contribution in [0.1, 0.15) is 47.5 Å². The number of amides is 1. The summed E-state index contributed by atoms with van der Waals surface area (Å²) in [5, 5.41) is 0. The SMILES string of the molecule is CC.CCC1CC(C(=O)N(C)CC)N(C)CC1C. The van der Waals surface area contributed by atoms with Crippen LogP contribution in [0.25, 0.3) is 0 Å². The Labute approximate surface area is 114 Å². The van der Waals surface area contributed by atoms with Crippen molar-refractivity contribution < 1.29 is 4.79 Å². The van der Waals surface area contributed by atoms with Crippen LogP contribution in [0.15, 0.2) is 0 Å². The Hall–Kier alpha value is -0.570. The Morgan fingerprint density at radius 2 is 1.89 bits per heavy atom. The Kier molecular flexibility index (Phi) is 8.25. The lowest BCUT2D eigenvalue weighted by molar-refractivity contribution is -0.137. The summed E-state index contributed by atoms with van der Waals surface area (Å²) in [5.74, 6) is 1.71. The Bertz CT molecular complexity index is 243. The molecule has 108 valence electrons. The highest BCUT2D eigenvalue weighted by atomic mass is 16.2. The average molecular weight is 256 g/mol. The molecule has 3 heteroatoms. The molecular weight excluding hydrogens is 224 g/mol. The van der Waals surface area contributed by atoms with E-state index in [4.69, 9.17) is 0 Å². The van der Waals surface area contributed by atoms with E-state index in [1.807, 2.05) is 32.7 Å². The molecule has 0 aliphatic carbocycles. The van der Waals surface area contributed by atoms with E-state index in [0.29, 0.717) is 11.8 Å². The third-order valence-electron chi connectivity index (χ3n) is 4.10. The van der Waals surface area contributed by atoms with Gasteiger partial charge in [-0.05, 0) is 32.2 Å². The summed E-state index contributed by atoms with van der Waals surface area (Å²) in [7, 11) is 3.98. The Morgan fingerprint density at radius 1 is 1.33 bits per heavy atom. The fourth-order valence-corrected chi connectivity index (χ4v) is 2.70. The van der Waals surface area contributed by atoms with Gasteiger partial charge < -0.3 is 4.90 Å². The van der Waals surface area contributed by atoms with Gasteiger partial charge in [-0.25, -0.2) is 0 Å². The Morgan fingerprint density at radius 3 is 2.33 bits per heavy atom. The minimum atomic E-state index is 0.103. The van der Waals surface area contributed by atoms with E-state index in [9.17, 15) is 4.79 Å². The summed E-state index contributed by atoms with van der Waals surface area (Å²) in [4.78, 5) is 16.3. The molecule has 1 saturated heterocycles. The third kappa shape index (κ3) is 4.27. The van der Waals surface area contributed by atoms with Gasteiger partial charge >= 0.3 is 0 Å². The molecule has 1 aliphatic rings. The van der Waals surface area contributed by atoms with E-state index in [-0.39, 0.29) is 11.9 Å². The molecule has 0 aromatic carbocycles. The van der Waals surface area contributed by atoms with Gasteiger partial charge in [0.15, 0.2) is 0 Å². The number of hydrogen-bond donors (Lipinski definition) is 0. The van der Waals surface area contributed by atoms with Gasteiger partial charge in [-0.15, -0.1) is 0 Å². The lowest BCUT2D eigenvalue weighted by Gasteiger charge is -2.41. The van der Waals surface area contributed by atoms with Gasteiger partial charge in [-0.1, -0.05) is 34.1 Å². The predicted molar refractivity (Wildman–Crippen MR) is 78.6 cm³/mol. The molecule has 0 radical (unpaired) electrons. The molecule has 1 aliphatic heterocycles. The number of likely N-dealkylation sites (N-methyl/N-ethyl adjacent to an activating group) is 2. The van der Waals surface area contributed by atoms with Crippen molar-refractivity contribution in [3.63, 3.8) is 0 Å².